The van der Waals surface area contributed by atoms with E-state index in [1.54, 1.807) is 30.3 Å². The molecule has 0 fully saturated rings. The van der Waals surface area contributed by atoms with Crippen LogP contribution in [0.5, 0.6) is 23.0 Å². The number of carbonyl (C=O) groups is 2. The monoisotopic (exact) mass is 593 g/mol. The lowest BCUT2D eigenvalue weighted by Gasteiger charge is -2.19. The number of hydrogen-bond donors (Lipinski definition) is 3. The van der Waals surface area contributed by atoms with E-state index >= 15 is 0 Å². The molecule has 1 aliphatic rings. The molecule has 0 atom stereocenters. The average molecular weight is 594 g/mol. The number of alkyl halides is 3. The van der Waals surface area contributed by atoms with Crippen LogP contribution in [0.25, 0.3) is 11.1 Å². The van der Waals surface area contributed by atoms with Crippen LogP contribution in [0.3, 0.4) is 0 Å². The lowest BCUT2D eigenvalue weighted by atomic mass is 10.0. The van der Waals surface area contributed by atoms with Crippen LogP contribution in [0, 0.1) is 0 Å². The first-order valence-electron chi connectivity index (χ1n) is 12.5. The van der Waals surface area contributed by atoms with Crippen LogP contribution in [0.4, 0.5) is 35.0 Å². The van der Waals surface area contributed by atoms with Crippen LogP contribution in [0.2, 0.25) is 0 Å². The zero-order chi connectivity index (χ0) is 30.9. The fraction of sp³-hybridized carbons (Fsp3) is 0.100. The van der Waals surface area contributed by atoms with Crippen LogP contribution in [0.15, 0.2) is 84.0 Å². The minimum Gasteiger partial charge on any atom is -0.505 e. The number of nitrogens with one attached hydrogen (secondary N) is 1. The highest BCUT2D eigenvalue weighted by Gasteiger charge is 2.39. The van der Waals surface area contributed by atoms with Gasteiger partial charge in [-0.1, -0.05) is 24.3 Å². The van der Waals surface area contributed by atoms with Crippen molar-refractivity contribution >= 4 is 34.8 Å². The number of carbonyl (C=O) groups excluding carboxylic acids is 1. The third-order valence-corrected chi connectivity index (χ3v) is 6.50. The van der Waals surface area contributed by atoms with E-state index in [0.717, 1.165) is 23.1 Å². The van der Waals surface area contributed by atoms with Crippen molar-refractivity contribution in [3.8, 4) is 34.1 Å². The van der Waals surface area contributed by atoms with Gasteiger partial charge in [-0.2, -0.15) is 18.3 Å². The van der Waals surface area contributed by atoms with Crippen molar-refractivity contribution in [3.63, 3.8) is 0 Å². The molecule has 5 rings (SSSR count). The Balaban J connectivity index is 1.56. The van der Waals surface area contributed by atoms with Crippen molar-refractivity contribution in [2.45, 2.75) is 6.18 Å². The van der Waals surface area contributed by atoms with Crippen molar-refractivity contribution in [2.24, 2.45) is 5.10 Å². The van der Waals surface area contributed by atoms with Crippen LogP contribution in [0.1, 0.15) is 11.1 Å². The number of amides is 1. The summed E-state index contributed by atoms with van der Waals surface area (Å²) in [7, 11) is 2.79. The van der Waals surface area contributed by atoms with Gasteiger partial charge in [-0.15, -0.1) is 0 Å². The molecule has 1 aliphatic heterocycles. The Morgan fingerprint density at radius 3 is 2.23 bits per heavy atom. The number of rotatable bonds is 7. The first kappa shape index (κ1) is 28.8. The number of methoxy groups -OCH3 is 2. The maximum absolute atomic E-state index is 13.7. The minimum atomic E-state index is -4.67. The van der Waals surface area contributed by atoms with E-state index in [0.29, 0.717) is 22.6 Å². The Labute approximate surface area is 242 Å². The summed E-state index contributed by atoms with van der Waals surface area (Å²) in [6.07, 6.45) is -6.18. The molecule has 4 aromatic carbocycles. The lowest BCUT2D eigenvalue weighted by Crippen LogP contribution is -2.26. The normalized spacial score (nSPS) is 13.6. The van der Waals surface area contributed by atoms with Gasteiger partial charge in [0, 0.05) is 29.3 Å². The number of ether oxygens (including phenoxy) is 3. The molecule has 0 radical (unpaired) electrons. The molecule has 10 nitrogen and oxygen atoms in total. The molecule has 13 heteroatoms. The van der Waals surface area contributed by atoms with E-state index in [1.165, 1.54) is 44.6 Å². The van der Waals surface area contributed by atoms with E-state index < -0.39 is 23.8 Å². The predicted octanol–water partition coefficient (Wildman–Crippen LogP) is 6.65. The van der Waals surface area contributed by atoms with Gasteiger partial charge in [-0.05, 0) is 42.0 Å². The number of phenols is 1. The quantitative estimate of drug-likeness (QED) is 0.0941. The molecule has 1 heterocycles. The summed E-state index contributed by atoms with van der Waals surface area (Å²) in [6.45, 7) is 0. The molecule has 0 aromatic heterocycles. The number of para-hydroxylation sites is 1. The number of hydrazone groups is 1. The van der Waals surface area contributed by atoms with Gasteiger partial charge in [0.25, 0.3) is 5.91 Å². The topological polar surface area (TPSA) is 130 Å². The second-order valence-corrected chi connectivity index (χ2v) is 9.11. The molecule has 4 aromatic rings. The number of anilines is 3. The van der Waals surface area contributed by atoms with Crippen LogP contribution < -0.4 is 24.5 Å². The summed E-state index contributed by atoms with van der Waals surface area (Å²) in [5, 5.41) is 24.1. The zero-order valence-corrected chi connectivity index (χ0v) is 22.5. The van der Waals surface area contributed by atoms with Crippen molar-refractivity contribution in [2.75, 3.05) is 24.5 Å². The lowest BCUT2D eigenvalue weighted by molar-refractivity contribution is -0.137. The number of carboxylic acid groups (broad SMARTS) is 1. The smallest absolute Gasteiger partial charge is 0.505 e. The number of benzene rings is 4. The van der Waals surface area contributed by atoms with E-state index in [2.05, 4.69) is 15.3 Å². The number of fused-ring (bicyclic) bond motifs is 1. The molecular formula is C30H22F3N3O7. The summed E-state index contributed by atoms with van der Waals surface area (Å²) < 4.78 is 56.2. The molecule has 1 amide bonds. The summed E-state index contributed by atoms with van der Waals surface area (Å²) >= 11 is 0. The van der Waals surface area contributed by atoms with E-state index in [9.17, 15) is 27.9 Å². The molecular weight excluding hydrogens is 571 g/mol. The third kappa shape index (κ3) is 5.73. The minimum absolute atomic E-state index is 0.0312. The molecule has 43 heavy (non-hydrogen) atoms. The molecule has 0 aliphatic carbocycles. The van der Waals surface area contributed by atoms with Crippen molar-refractivity contribution in [3.05, 3.63) is 90.0 Å². The van der Waals surface area contributed by atoms with E-state index in [-0.39, 0.29) is 39.8 Å². The predicted molar refractivity (Wildman–Crippen MR) is 150 cm³/mol. The van der Waals surface area contributed by atoms with Gasteiger partial charge in [-0.25, -0.2) is 4.79 Å². The highest BCUT2D eigenvalue weighted by Crippen LogP contribution is 2.43. The van der Waals surface area contributed by atoms with Crippen LogP contribution >= 0.6 is 0 Å². The molecule has 0 spiro atoms. The molecule has 0 bridgehead atoms. The second kappa shape index (κ2) is 11.3. The number of nitrogens with zero attached hydrogens (tertiary/aromatic N) is 2. The van der Waals surface area contributed by atoms with E-state index in [1.807, 2.05) is 0 Å². The third-order valence-electron chi connectivity index (χ3n) is 6.50. The number of hydrogen-bond acceptors (Lipinski definition) is 8. The summed E-state index contributed by atoms with van der Waals surface area (Å²) in [6, 6.07) is 18.0. The van der Waals surface area contributed by atoms with Gasteiger partial charge in [0.05, 0.1) is 36.8 Å². The molecule has 220 valence electrons. The number of halogens is 3. The van der Waals surface area contributed by atoms with E-state index in [4.69, 9.17) is 14.6 Å². The Bertz CT molecular complexity index is 1750. The zero-order valence-electron chi connectivity index (χ0n) is 22.5. The summed E-state index contributed by atoms with van der Waals surface area (Å²) in [4.78, 5) is 25.7. The first-order chi connectivity index (χ1) is 20.5. The van der Waals surface area contributed by atoms with Gasteiger partial charge in [0.1, 0.15) is 23.0 Å². The molecule has 0 saturated heterocycles. The average Bonchev–Trinajstić information content (AvgIpc) is 3.25. The van der Waals surface area contributed by atoms with Crippen LogP contribution in [-0.4, -0.2) is 42.2 Å². The fourth-order valence-corrected chi connectivity index (χ4v) is 4.52. The highest BCUT2D eigenvalue weighted by molar-refractivity contribution is 6.55. The van der Waals surface area contributed by atoms with Gasteiger partial charge >= 0.3 is 12.3 Å². The molecule has 0 saturated carbocycles. The summed E-state index contributed by atoms with van der Waals surface area (Å²) in [5.74, 6) is -0.390. The largest absolute Gasteiger partial charge is 0.511 e. The van der Waals surface area contributed by atoms with Gasteiger partial charge in [0.2, 0.25) is 0 Å². The fourth-order valence-electron chi connectivity index (χ4n) is 4.52. The Kier molecular flexibility index (Phi) is 7.55. The Morgan fingerprint density at radius 2 is 1.58 bits per heavy atom. The maximum Gasteiger partial charge on any atom is 0.511 e. The first-order valence-corrected chi connectivity index (χ1v) is 12.5. The Hall–Kier alpha value is -5.72. The van der Waals surface area contributed by atoms with Crippen molar-refractivity contribution in [1.29, 1.82) is 0 Å². The van der Waals surface area contributed by atoms with Crippen LogP contribution in [-0.2, 0) is 11.0 Å². The standard InChI is InChI=1S/C30H22F3N3O7/c1-41-20-13-18(14-21(15-20)42-2)36-25-12-17(30(31,32)33)9-10-23(25)26(28(36)38)35-34-24-8-4-7-22(27(24)37)16-5-3-6-19(11-16)43-29(39)40/h3-15,34,37H,1-2H3,(H,39,40). The highest BCUT2D eigenvalue weighted by atomic mass is 19.4. The SMILES string of the molecule is COc1cc(OC)cc(N2C(=O)C(=NNc3cccc(-c4cccc(OC(=O)O)c4)c3O)c3ccc(C(F)(F)F)cc32)c1. The number of aromatic hydroxyl groups is 1. The van der Waals surface area contributed by atoms with Gasteiger partial charge in [-0.3, -0.25) is 15.1 Å². The maximum atomic E-state index is 13.7. The summed E-state index contributed by atoms with van der Waals surface area (Å²) in [5.41, 5.74) is 2.47. The molecule has 3 N–H and O–H groups in total. The van der Waals surface area contributed by atoms with Crippen molar-refractivity contribution < 1.29 is 47.2 Å². The Morgan fingerprint density at radius 1 is 0.884 bits per heavy atom. The van der Waals surface area contributed by atoms with Gasteiger partial charge in [0.15, 0.2) is 5.71 Å². The second-order valence-electron chi connectivity index (χ2n) is 9.11. The van der Waals surface area contributed by atoms with Gasteiger partial charge < -0.3 is 24.4 Å². The number of phenolic OH excluding ortho intramolecular Hbond substituents is 1. The van der Waals surface area contributed by atoms with Crippen molar-refractivity contribution in [1.82, 2.24) is 0 Å². The molecule has 0 unspecified atom stereocenters.